The molecule has 1 heterocycles. The van der Waals surface area contributed by atoms with Crippen molar-refractivity contribution in [2.75, 3.05) is 0 Å². The lowest BCUT2D eigenvalue weighted by atomic mass is 10.0. The number of carboxylic acid groups (broad SMARTS) is 1. The summed E-state index contributed by atoms with van der Waals surface area (Å²) >= 11 is 0. The topological polar surface area (TPSA) is 63.1 Å². The number of hydrogen-bond donors (Lipinski definition) is 1. The van der Waals surface area contributed by atoms with Crippen LogP contribution in [0.15, 0.2) is 18.7 Å². The van der Waals surface area contributed by atoms with E-state index in [9.17, 15) is 18.0 Å². The predicted molar refractivity (Wildman–Crippen MR) is 38.5 cm³/mol. The van der Waals surface area contributed by atoms with Gasteiger partial charge < -0.3 is 5.11 Å². The van der Waals surface area contributed by atoms with Crippen LogP contribution in [0, 0.1) is 0 Å². The molecule has 0 amide bonds. The lowest BCUT2D eigenvalue weighted by molar-refractivity contribution is -0.176. The highest BCUT2D eigenvalue weighted by Crippen LogP contribution is 2.34. The molecule has 0 fully saturated rings. The van der Waals surface area contributed by atoms with Crippen LogP contribution in [-0.4, -0.2) is 27.2 Å². The van der Waals surface area contributed by atoms with Crippen LogP contribution in [0.4, 0.5) is 13.2 Å². The number of aliphatic carboxylic acids is 1. The Morgan fingerprint density at radius 1 is 1.36 bits per heavy atom. The van der Waals surface area contributed by atoms with E-state index in [1.807, 2.05) is 0 Å². The van der Waals surface area contributed by atoms with E-state index in [0.29, 0.717) is 0 Å². The van der Waals surface area contributed by atoms with Crippen molar-refractivity contribution in [1.82, 2.24) is 9.97 Å². The molecule has 0 aromatic carbocycles. The third kappa shape index (κ3) is 2.18. The highest BCUT2D eigenvalue weighted by molar-refractivity contribution is 5.76. The zero-order valence-electron chi connectivity index (χ0n) is 6.69. The zero-order valence-corrected chi connectivity index (χ0v) is 6.69. The molecular weight excluding hydrogens is 201 g/mol. The summed E-state index contributed by atoms with van der Waals surface area (Å²) in [7, 11) is 0. The van der Waals surface area contributed by atoms with Gasteiger partial charge in [-0.1, -0.05) is 0 Å². The molecule has 1 unspecified atom stereocenters. The first-order valence-electron chi connectivity index (χ1n) is 3.47. The molecule has 1 aromatic rings. The summed E-state index contributed by atoms with van der Waals surface area (Å²) in [6, 6.07) is 0. The third-order valence-corrected chi connectivity index (χ3v) is 1.49. The van der Waals surface area contributed by atoms with Crippen molar-refractivity contribution >= 4 is 5.97 Å². The second-order valence-electron chi connectivity index (χ2n) is 2.48. The van der Waals surface area contributed by atoms with Crippen molar-refractivity contribution in [2.24, 2.45) is 0 Å². The minimum Gasteiger partial charge on any atom is -0.481 e. The summed E-state index contributed by atoms with van der Waals surface area (Å²) in [5, 5.41) is 8.39. The first-order valence-corrected chi connectivity index (χ1v) is 3.47. The van der Waals surface area contributed by atoms with Crippen LogP contribution in [0.2, 0.25) is 0 Å². The number of carboxylic acids is 1. The van der Waals surface area contributed by atoms with E-state index in [4.69, 9.17) is 5.11 Å². The molecule has 14 heavy (non-hydrogen) atoms. The van der Waals surface area contributed by atoms with Gasteiger partial charge in [0.05, 0.1) is 0 Å². The molecule has 0 spiro atoms. The minimum absolute atomic E-state index is 0.479. The molecule has 0 bridgehead atoms. The number of alkyl halides is 3. The van der Waals surface area contributed by atoms with Gasteiger partial charge in [-0.2, -0.15) is 13.2 Å². The van der Waals surface area contributed by atoms with E-state index in [1.165, 1.54) is 0 Å². The second-order valence-corrected chi connectivity index (χ2v) is 2.48. The Morgan fingerprint density at radius 2 is 1.86 bits per heavy atom. The van der Waals surface area contributed by atoms with E-state index in [1.54, 1.807) is 0 Å². The fourth-order valence-corrected chi connectivity index (χ4v) is 0.931. The monoisotopic (exact) mass is 206 g/mol. The highest BCUT2D eigenvalue weighted by atomic mass is 19.4. The van der Waals surface area contributed by atoms with E-state index in [-0.39, 0.29) is 0 Å². The Morgan fingerprint density at radius 3 is 2.21 bits per heavy atom. The average Bonchev–Trinajstić information content (AvgIpc) is 2.02. The van der Waals surface area contributed by atoms with Gasteiger partial charge in [-0.3, -0.25) is 4.79 Å². The van der Waals surface area contributed by atoms with Crippen LogP contribution < -0.4 is 0 Å². The molecule has 4 nitrogen and oxygen atoms in total. The number of hydrogen-bond acceptors (Lipinski definition) is 3. The zero-order chi connectivity index (χ0) is 10.8. The Hall–Kier alpha value is -1.66. The van der Waals surface area contributed by atoms with Crippen molar-refractivity contribution in [3.8, 4) is 0 Å². The Balaban J connectivity index is 3.08. The molecule has 0 aliphatic rings. The van der Waals surface area contributed by atoms with Gasteiger partial charge in [-0.25, -0.2) is 9.97 Å². The predicted octanol–water partition coefficient (Wildman–Crippen LogP) is 1.21. The molecule has 76 valence electrons. The van der Waals surface area contributed by atoms with Gasteiger partial charge in [0.2, 0.25) is 0 Å². The third-order valence-electron chi connectivity index (χ3n) is 1.49. The fourth-order valence-electron chi connectivity index (χ4n) is 0.931. The normalized spacial score (nSPS) is 13.6. The lowest BCUT2D eigenvalue weighted by Gasteiger charge is -2.14. The van der Waals surface area contributed by atoms with Crippen LogP contribution >= 0.6 is 0 Å². The molecule has 1 atom stereocenters. The van der Waals surface area contributed by atoms with Gasteiger partial charge in [-0.15, -0.1) is 0 Å². The first kappa shape index (κ1) is 10.4. The number of halogens is 3. The molecule has 1 aromatic heterocycles. The number of carbonyl (C=O) groups is 1. The minimum atomic E-state index is -4.84. The summed E-state index contributed by atoms with van der Waals surface area (Å²) < 4.78 is 36.7. The van der Waals surface area contributed by atoms with Gasteiger partial charge in [0.1, 0.15) is 6.33 Å². The number of rotatable bonds is 2. The standard InChI is InChI=1S/C7H5F3N2O2/c8-7(9,10)5(6(13)14)4-1-11-3-12-2-4/h1-3,5H,(H,13,14). The summed E-state index contributed by atoms with van der Waals surface area (Å²) in [5.74, 6) is -4.53. The molecule has 0 aliphatic carbocycles. The average molecular weight is 206 g/mol. The van der Waals surface area contributed by atoms with E-state index in [2.05, 4.69) is 9.97 Å². The van der Waals surface area contributed by atoms with Gasteiger partial charge >= 0.3 is 12.1 Å². The molecule has 1 rings (SSSR count). The van der Waals surface area contributed by atoms with Crippen LogP contribution in [0.1, 0.15) is 11.5 Å². The smallest absolute Gasteiger partial charge is 0.406 e. The van der Waals surface area contributed by atoms with Gasteiger partial charge in [0.15, 0.2) is 5.92 Å². The molecule has 1 N–H and O–H groups in total. The van der Waals surface area contributed by atoms with E-state index in [0.717, 1.165) is 18.7 Å². The van der Waals surface area contributed by atoms with Crippen molar-refractivity contribution < 1.29 is 23.1 Å². The number of nitrogens with zero attached hydrogens (tertiary/aromatic N) is 2. The summed E-state index contributed by atoms with van der Waals surface area (Å²) in [4.78, 5) is 17.0. The van der Waals surface area contributed by atoms with Crippen molar-refractivity contribution in [2.45, 2.75) is 12.1 Å². The maximum absolute atomic E-state index is 12.2. The molecule has 0 radical (unpaired) electrons. The van der Waals surface area contributed by atoms with E-state index >= 15 is 0 Å². The van der Waals surface area contributed by atoms with Gasteiger partial charge in [-0.05, 0) is 0 Å². The Labute approximate surface area is 76.4 Å². The molecule has 0 aliphatic heterocycles. The lowest BCUT2D eigenvalue weighted by Crippen LogP contribution is -2.28. The maximum atomic E-state index is 12.2. The maximum Gasteiger partial charge on any atom is 0.406 e. The van der Waals surface area contributed by atoms with Crippen LogP contribution in [0.5, 0.6) is 0 Å². The van der Waals surface area contributed by atoms with Gasteiger partial charge in [0.25, 0.3) is 0 Å². The summed E-state index contributed by atoms with van der Waals surface area (Å²) in [5.41, 5.74) is -0.479. The van der Waals surface area contributed by atoms with E-state index < -0.39 is 23.6 Å². The van der Waals surface area contributed by atoms with Crippen molar-refractivity contribution in [1.29, 1.82) is 0 Å². The SMILES string of the molecule is O=C(O)C(c1cncnc1)C(F)(F)F. The van der Waals surface area contributed by atoms with Crippen LogP contribution in [0.25, 0.3) is 0 Å². The van der Waals surface area contributed by atoms with Crippen LogP contribution in [-0.2, 0) is 4.79 Å². The molecule has 0 saturated carbocycles. The van der Waals surface area contributed by atoms with Crippen molar-refractivity contribution in [3.05, 3.63) is 24.3 Å². The quantitative estimate of drug-likeness (QED) is 0.789. The fraction of sp³-hybridized carbons (Fsp3) is 0.286. The molecule has 7 heteroatoms. The Bertz CT molecular complexity index is 325. The highest BCUT2D eigenvalue weighted by Gasteiger charge is 2.46. The molecule has 0 saturated heterocycles. The number of aromatic nitrogens is 2. The summed E-state index contributed by atoms with van der Waals surface area (Å²) in [6.07, 6.45) is -2.14. The first-order chi connectivity index (χ1) is 6.43. The molecular formula is C7H5F3N2O2. The van der Waals surface area contributed by atoms with Crippen LogP contribution in [0.3, 0.4) is 0 Å². The Kier molecular flexibility index (Phi) is 2.68. The largest absolute Gasteiger partial charge is 0.481 e. The van der Waals surface area contributed by atoms with Crippen molar-refractivity contribution in [3.63, 3.8) is 0 Å². The summed E-state index contributed by atoms with van der Waals surface area (Å²) in [6.45, 7) is 0. The van der Waals surface area contributed by atoms with Gasteiger partial charge in [0, 0.05) is 18.0 Å². The second kappa shape index (κ2) is 3.60.